The molecule has 1 aliphatic rings. The van der Waals surface area contributed by atoms with Crippen LogP contribution in [0.1, 0.15) is 40.4 Å². The Morgan fingerprint density at radius 3 is 2.38 bits per heavy atom. The van der Waals surface area contributed by atoms with Gasteiger partial charge in [0.2, 0.25) is 0 Å². The van der Waals surface area contributed by atoms with Gasteiger partial charge >= 0.3 is 6.03 Å². The van der Waals surface area contributed by atoms with Crippen molar-refractivity contribution < 1.29 is 14.4 Å². The number of rotatable bonds is 6. The molecule has 0 fully saturated rings. The van der Waals surface area contributed by atoms with Gasteiger partial charge in [-0.05, 0) is 35.2 Å². The Bertz CT molecular complexity index is 1180. The maximum Gasteiger partial charge on any atom is 0.337 e. The fourth-order valence-corrected chi connectivity index (χ4v) is 4.16. The van der Waals surface area contributed by atoms with Gasteiger partial charge in [-0.1, -0.05) is 73.7 Å². The van der Waals surface area contributed by atoms with Crippen molar-refractivity contribution in [3.63, 3.8) is 0 Å². The third-order valence-electron chi connectivity index (χ3n) is 5.94. The number of carbonyl (C=O) groups is 3. The summed E-state index contributed by atoms with van der Waals surface area (Å²) >= 11 is 0. The monoisotopic (exact) mass is 456 g/mol. The molecule has 0 radical (unpaired) electrons. The Hall–Kier alpha value is -3.97. The Balaban J connectivity index is 1.41. The lowest BCUT2D eigenvalue weighted by atomic mass is 9.93. The number of benzene rings is 3. The van der Waals surface area contributed by atoms with Crippen LogP contribution in [0.3, 0.4) is 0 Å². The van der Waals surface area contributed by atoms with Gasteiger partial charge in [0.15, 0.2) is 5.78 Å². The highest BCUT2D eigenvalue weighted by molar-refractivity contribution is 5.98. The van der Waals surface area contributed by atoms with Gasteiger partial charge in [0.05, 0.1) is 6.04 Å². The fraction of sp³-hybridized carbons (Fsp3) is 0.222. The van der Waals surface area contributed by atoms with Crippen molar-refractivity contribution >= 4 is 23.4 Å². The maximum atomic E-state index is 13.1. The summed E-state index contributed by atoms with van der Waals surface area (Å²) in [6.07, 6.45) is 0.940. The lowest BCUT2D eigenvalue weighted by Crippen LogP contribution is -2.54. The van der Waals surface area contributed by atoms with Crippen LogP contribution in [0.5, 0.6) is 0 Å². The van der Waals surface area contributed by atoms with Gasteiger partial charge in [-0.15, -0.1) is 0 Å². The van der Waals surface area contributed by atoms with Crippen molar-refractivity contribution in [1.29, 1.82) is 0 Å². The summed E-state index contributed by atoms with van der Waals surface area (Å²) in [5, 5.41) is 2.66. The van der Waals surface area contributed by atoms with E-state index in [9.17, 15) is 14.4 Å². The van der Waals surface area contributed by atoms with Crippen LogP contribution in [0, 0.1) is 0 Å². The van der Waals surface area contributed by atoms with E-state index in [0.717, 1.165) is 11.1 Å². The first-order valence-corrected chi connectivity index (χ1v) is 11.4. The molecule has 1 unspecified atom stereocenters. The SMILES string of the molecule is CCC(=O)c1cccc(NC(=O)NNC(=O)C2Cc3ccccc3CN2Cc2ccccc2)c1. The highest BCUT2D eigenvalue weighted by Crippen LogP contribution is 2.25. The van der Waals surface area contributed by atoms with E-state index < -0.39 is 12.1 Å². The molecule has 7 nitrogen and oxygen atoms in total. The molecule has 7 heteroatoms. The molecular formula is C27H28N4O3. The topological polar surface area (TPSA) is 90.5 Å². The first-order chi connectivity index (χ1) is 16.5. The molecule has 1 aliphatic heterocycles. The summed E-state index contributed by atoms with van der Waals surface area (Å²) in [7, 11) is 0. The van der Waals surface area contributed by atoms with Crippen molar-refractivity contribution in [2.24, 2.45) is 0 Å². The van der Waals surface area contributed by atoms with Crippen LogP contribution in [-0.4, -0.2) is 28.7 Å². The Morgan fingerprint density at radius 2 is 1.62 bits per heavy atom. The molecule has 3 N–H and O–H groups in total. The van der Waals surface area contributed by atoms with Crippen LogP contribution in [0.25, 0.3) is 0 Å². The summed E-state index contributed by atoms with van der Waals surface area (Å²) in [4.78, 5) is 39.5. The van der Waals surface area contributed by atoms with Gasteiger partial charge in [0.1, 0.15) is 0 Å². The molecule has 0 aliphatic carbocycles. The molecule has 3 amide bonds. The van der Waals surface area contributed by atoms with Crippen molar-refractivity contribution in [2.45, 2.75) is 38.9 Å². The van der Waals surface area contributed by atoms with E-state index in [1.165, 1.54) is 5.56 Å². The van der Waals surface area contributed by atoms with Crippen LogP contribution in [0.4, 0.5) is 10.5 Å². The summed E-state index contributed by atoms with van der Waals surface area (Å²) < 4.78 is 0. The minimum atomic E-state index is -0.583. The van der Waals surface area contributed by atoms with Crippen molar-refractivity contribution in [3.05, 3.63) is 101 Å². The zero-order chi connectivity index (χ0) is 23.9. The number of anilines is 1. The molecule has 1 atom stereocenters. The molecule has 34 heavy (non-hydrogen) atoms. The number of hydrazine groups is 1. The molecule has 4 rings (SSSR count). The molecule has 0 aromatic heterocycles. The van der Waals surface area contributed by atoms with E-state index in [1.807, 2.05) is 48.5 Å². The second-order valence-corrected chi connectivity index (χ2v) is 8.31. The fourth-order valence-electron chi connectivity index (χ4n) is 4.16. The number of amides is 3. The average Bonchev–Trinajstić information content (AvgIpc) is 2.87. The number of urea groups is 1. The molecule has 0 saturated heterocycles. The van der Waals surface area contributed by atoms with Gasteiger partial charge in [-0.2, -0.15) is 0 Å². The first-order valence-electron chi connectivity index (χ1n) is 11.4. The number of fused-ring (bicyclic) bond motifs is 1. The molecule has 0 spiro atoms. The van der Waals surface area contributed by atoms with E-state index in [4.69, 9.17) is 0 Å². The van der Waals surface area contributed by atoms with Crippen molar-refractivity contribution in [1.82, 2.24) is 15.8 Å². The molecule has 3 aromatic rings. The van der Waals surface area contributed by atoms with Gasteiger partial charge in [-0.3, -0.25) is 19.9 Å². The number of hydrogen-bond donors (Lipinski definition) is 3. The molecule has 0 saturated carbocycles. The zero-order valence-electron chi connectivity index (χ0n) is 19.1. The Morgan fingerprint density at radius 1 is 0.882 bits per heavy atom. The van der Waals surface area contributed by atoms with Crippen LogP contribution >= 0.6 is 0 Å². The Kier molecular flexibility index (Phi) is 7.34. The van der Waals surface area contributed by atoms with Crippen LogP contribution in [0.15, 0.2) is 78.9 Å². The molecule has 1 heterocycles. The second kappa shape index (κ2) is 10.8. The average molecular weight is 457 g/mol. The van der Waals surface area contributed by atoms with Crippen molar-refractivity contribution in [2.75, 3.05) is 5.32 Å². The summed E-state index contributed by atoms with van der Waals surface area (Å²) in [6.45, 7) is 3.06. The van der Waals surface area contributed by atoms with Gasteiger partial charge in [-0.25, -0.2) is 10.2 Å². The van der Waals surface area contributed by atoms with Gasteiger partial charge in [0.25, 0.3) is 5.91 Å². The number of hydrogen-bond acceptors (Lipinski definition) is 4. The van der Waals surface area contributed by atoms with Gasteiger partial charge < -0.3 is 5.32 Å². The number of nitrogens with one attached hydrogen (secondary N) is 3. The number of Topliss-reactive ketones (excluding diaryl/α,β-unsaturated/α-hetero) is 1. The molecular weight excluding hydrogens is 428 g/mol. The highest BCUT2D eigenvalue weighted by atomic mass is 16.2. The number of ketones is 1. The number of nitrogens with zero attached hydrogens (tertiary/aromatic N) is 1. The quantitative estimate of drug-likeness (QED) is 0.385. The van der Waals surface area contributed by atoms with E-state index in [2.05, 4.69) is 27.1 Å². The second-order valence-electron chi connectivity index (χ2n) is 8.31. The van der Waals surface area contributed by atoms with E-state index in [0.29, 0.717) is 37.2 Å². The third kappa shape index (κ3) is 5.68. The minimum absolute atomic E-state index is 0.00607. The van der Waals surface area contributed by atoms with E-state index in [-0.39, 0.29) is 11.7 Å². The van der Waals surface area contributed by atoms with Crippen LogP contribution < -0.4 is 16.2 Å². The molecule has 174 valence electrons. The predicted molar refractivity (Wildman–Crippen MR) is 131 cm³/mol. The van der Waals surface area contributed by atoms with Crippen LogP contribution in [-0.2, 0) is 24.3 Å². The summed E-state index contributed by atoms with van der Waals surface area (Å²) in [5.41, 5.74) is 9.45. The van der Waals surface area contributed by atoms with E-state index in [1.54, 1.807) is 31.2 Å². The van der Waals surface area contributed by atoms with Crippen LogP contribution in [0.2, 0.25) is 0 Å². The third-order valence-corrected chi connectivity index (χ3v) is 5.94. The minimum Gasteiger partial charge on any atom is -0.307 e. The summed E-state index contributed by atoms with van der Waals surface area (Å²) in [6, 6.07) is 23.8. The lowest BCUT2D eigenvalue weighted by molar-refractivity contribution is -0.128. The van der Waals surface area contributed by atoms with Gasteiger partial charge in [0, 0.05) is 30.8 Å². The highest BCUT2D eigenvalue weighted by Gasteiger charge is 2.31. The largest absolute Gasteiger partial charge is 0.337 e. The predicted octanol–water partition coefficient (Wildman–Crippen LogP) is 4.06. The maximum absolute atomic E-state index is 13.1. The van der Waals surface area contributed by atoms with E-state index >= 15 is 0 Å². The lowest BCUT2D eigenvalue weighted by Gasteiger charge is -2.36. The first kappa shape index (κ1) is 23.2. The normalized spacial score (nSPS) is 15.1. The number of carbonyl (C=O) groups excluding carboxylic acids is 3. The zero-order valence-corrected chi connectivity index (χ0v) is 19.1. The van der Waals surface area contributed by atoms with Crippen molar-refractivity contribution in [3.8, 4) is 0 Å². The standard InChI is InChI=1S/C27H28N4O3/c1-2-25(32)21-13-8-14-23(15-21)28-27(34)30-29-26(33)24-16-20-11-6-7-12-22(20)18-31(24)17-19-9-4-3-5-10-19/h3-15,24H,2,16-18H2,1H3,(H,29,33)(H2,28,30,34). The smallest absolute Gasteiger partial charge is 0.307 e. The molecule has 0 bridgehead atoms. The summed E-state index contributed by atoms with van der Waals surface area (Å²) in [5.74, 6) is -0.288. The molecule has 3 aromatic carbocycles. The Labute approximate surface area is 199 Å².